The monoisotopic (exact) mass is 332 g/mol. The van der Waals surface area contributed by atoms with Gasteiger partial charge in [0.05, 0.1) is 13.2 Å². The Morgan fingerprint density at radius 3 is 2.76 bits per heavy atom. The molecule has 0 fully saturated rings. The molecule has 1 atom stereocenters. The van der Waals surface area contributed by atoms with Crippen molar-refractivity contribution in [2.75, 3.05) is 7.11 Å². The molecule has 0 aliphatic rings. The lowest BCUT2D eigenvalue weighted by Gasteiger charge is -2.13. The van der Waals surface area contributed by atoms with E-state index in [2.05, 4.69) is 52.8 Å². The van der Waals surface area contributed by atoms with Crippen LogP contribution < -0.4 is 10.1 Å². The van der Waals surface area contributed by atoms with Gasteiger partial charge in [0.15, 0.2) is 11.5 Å². The summed E-state index contributed by atoms with van der Waals surface area (Å²) in [5, 5.41) is 14.4. The second-order valence-electron chi connectivity index (χ2n) is 6.14. The maximum Gasteiger partial charge on any atom is 0.160 e. The van der Waals surface area contributed by atoms with E-state index in [4.69, 9.17) is 4.74 Å². The SMILES string of the molecule is COc1ccc2cc(CNC(C)c3nnc4ccccn34)ccc2c1. The number of ether oxygens (including phenoxy) is 1. The number of pyridine rings is 1. The van der Waals surface area contributed by atoms with Gasteiger partial charge in [-0.2, -0.15) is 0 Å². The molecule has 4 aromatic rings. The van der Waals surface area contributed by atoms with Crippen molar-refractivity contribution < 1.29 is 4.74 Å². The van der Waals surface area contributed by atoms with Crippen LogP contribution in [0.4, 0.5) is 0 Å². The summed E-state index contributed by atoms with van der Waals surface area (Å²) in [5.41, 5.74) is 2.10. The van der Waals surface area contributed by atoms with Crippen LogP contribution in [0.5, 0.6) is 5.75 Å². The summed E-state index contributed by atoms with van der Waals surface area (Å²) < 4.78 is 7.30. The molecule has 25 heavy (non-hydrogen) atoms. The third kappa shape index (κ3) is 3.06. The molecular weight excluding hydrogens is 312 g/mol. The van der Waals surface area contributed by atoms with Crippen LogP contribution in [-0.2, 0) is 6.54 Å². The number of rotatable bonds is 5. The molecule has 0 aliphatic heterocycles. The molecule has 0 aliphatic carbocycles. The Bertz CT molecular complexity index is 1020. The van der Waals surface area contributed by atoms with E-state index in [9.17, 15) is 0 Å². The predicted molar refractivity (Wildman–Crippen MR) is 98.7 cm³/mol. The molecule has 5 heteroatoms. The lowest BCUT2D eigenvalue weighted by atomic mass is 10.1. The topological polar surface area (TPSA) is 51.5 Å². The first-order valence-corrected chi connectivity index (χ1v) is 8.34. The molecular formula is C20H20N4O. The van der Waals surface area contributed by atoms with Crippen LogP contribution in [0.1, 0.15) is 24.4 Å². The highest BCUT2D eigenvalue weighted by Crippen LogP contribution is 2.22. The molecule has 126 valence electrons. The van der Waals surface area contributed by atoms with Gasteiger partial charge in [-0.1, -0.05) is 24.3 Å². The van der Waals surface area contributed by atoms with Gasteiger partial charge in [0.25, 0.3) is 0 Å². The van der Waals surface area contributed by atoms with E-state index < -0.39 is 0 Å². The molecule has 0 bridgehead atoms. The maximum absolute atomic E-state index is 5.28. The quantitative estimate of drug-likeness (QED) is 0.605. The molecule has 1 unspecified atom stereocenters. The Morgan fingerprint density at radius 1 is 1.04 bits per heavy atom. The van der Waals surface area contributed by atoms with E-state index in [1.54, 1.807) is 7.11 Å². The highest BCUT2D eigenvalue weighted by molar-refractivity contribution is 5.84. The minimum absolute atomic E-state index is 0.101. The lowest BCUT2D eigenvalue weighted by molar-refractivity contribution is 0.415. The first-order valence-electron chi connectivity index (χ1n) is 8.34. The smallest absolute Gasteiger partial charge is 0.160 e. The van der Waals surface area contributed by atoms with E-state index in [0.29, 0.717) is 0 Å². The molecule has 2 heterocycles. The fraction of sp³-hybridized carbons (Fsp3) is 0.200. The van der Waals surface area contributed by atoms with Gasteiger partial charge in [0, 0.05) is 12.7 Å². The number of nitrogens with one attached hydrogen (secondary N) is 1. The average molecular weight is 332 g/mol. The fourth-order valence-electron chi connectivity index (χ4n) is 3.03. The summed E-state index contributed by atoms with van der Waals surface area (Å²) >= 11 is 0. The van der Waals surface area contributed by atoms with Gasteiger partial charge in [-0.3, -0.25) is 4.40 Å². The Morgan fingerprint density at radius 2 is 1.88 bits per heavy atom. The number of hydrogen-bond donors (Lipinski definition) is 1. The van der Waals surface area contributed by atoms with Gasteiger partial charge in [0.2, 0.25) is 0 Å². The highest BCUT2D eigenvalue weighted by Gasteiger charge is 2.12. The van der Waals surface area contributed by atoms with Crippen molar-refractivity contribution in [2.45, 2.75) is 19.5 Å². The van der Waals surface area contributed by atoms with Gasteiger partial charge < -0.3 is 10.1 Å². The molecule has 1 N–H and O–H groups in total. The van der Waals surface area contributed by atoms with E-state index >= 15 is 0 Å². The summed E-state index contributed by atoms with van der Waals surface area (Å²) in [6.07, 6.45) is 1.99. The minimum Gasteiger partial charge on any atom is -0.497 e. The summed E-state index contributed by atoms with van der Waals surface area (Å²) in [6.45, 7) is 2.88. The third-order valence-corrected chi connectivity index (χ3v) is 4.45. The maximum atomic E-state index is 5.28. The number of benzene rings is 2. The van der Waals surface area contributed by atoms with Gasteiger partial charge >= 0.3 is 0 Å². The Labute approximate surface area is 146 Å². The summed E-state index contributed by atoms with van der Waals surface area (Å²) in [4.78, 5) is 0. The molecule has 0 saturated heterocycles. The third-order valence-electron chi connectivity index (χ3n) is 4.45. The van der Waals surface area contributed by atoms with Crippen LogP contribution >= 0.6 is 0 Å². The standard InChI is InChI=1S/C20H20N4O/c1-14(20-23-22-19-5-3-4-10-24(19)20)21-13-15-6-7-17-12-18(25-2)9-8-16(17)11-15/h3-12,14,21H,13H2,1-2H3. The number of fused-ring (bicyclic) bond motifs is 2. The number of nitrogens with zero attached hydrogens (tertiary/aromatic N) is 3. The van der Waals surface area contributed by atoms with Crippen molar-refractivity contribution in [2.24, 2.45) is 0 Å². The van der Waals surface area contributed by atoms with E-state index in [1.165, 1.54) is 16.3 Å². The van der Waals surface area contributed by atoms with Crippen molar-refractivity contribution in [1.82, 2.24) is 19.9 Å². The van der Waals surface area contributed by atoms with Crippen LogP contribution in [-0.4, -0.2) is 21.7 Å². The van der Waals surface area contributed by atoms with Crippen LogP contribution in [0.15, 0.2) is 60.8 Å². The van der Waals surface area contributed by atoms with E-state index in [-0.39, 0.29) is 6.04 Å². The number of aromatic nitrogens is 3. The first kappa shape index (κ1) is 15.6. The van der Waals surface area contributed by atoms with Gasteiger partial charge in [-0.15, -0.1) is 10.2 Å². The molecule has 2 aromatic carbocycles. The summed E-state index contributed by atoms with van der Waals surface area (Å²) in [6, 6.07) is 18.6. The lowest BCUT2D eigenvalue weighted by Crippen LogP contribution is -2.20. The van der Waals surface area contributed by atoms with Crippen LogP contribution in [0.2, 0.25) is 0 Å². The van der Waals surface area contributed by atoms with Crippen molar-refractivity contribution >= 4 is 16.4 Å². The van der Waals surface area contributed by atoms with Crippen molar-refractivity contribution in [3.63, 3.8) is 0 Å². The zero-order chi connectivity index (χ0) is 17.2. The molecule has 0 saturated carbocycles. The number of hydrogen-bond acceptors (Lipinski definition) is 4. The second kappa shape index (κ2) is 6.53. The Hall–Kier alpha value is -2.92. The molecule has 0 spiro atoms. The number of methoxy groups -OCH3 is 1. The van der Waals surface area contributed by atoms with Gasteiger partial charge in [-0.25, -0.2) is 0 Å². The molecule has 2 aromatic heterocycles. The zero-order valence-corrected chi connectivity index (χ0v) is 14.3. The molecule has 0 amide bonds. The fourth-order valence-corrected chi connectivity index (χ4v) is 3.03. The molecule has 0 radical (unpaired) electrons. The van der Waals surface area contributed by atoms with E-state index in [1.807, 2.05) is 34.9 Å². The Kier molecular flexibility index (Phi) is 4.07. The summed E-state index contributed by atoms with van der Waals surface area (Å²) in [5.74, 6) is 1.80. The van der Waals surface area contributed by atoms with Gasteiger partial charge in [0.1, 0.15) is 5.75 Å². The summed E-state index contributed by atoms with van der Waals surface area (Å²) in [7, 11) is 1.69. The highest BCUT2D eigenvalue weighted by atomic mass is 16.5. The zero-order valence-electron chi connectivity index (χ0n) is 14.3. The van der Waals surface area contributed by atoms with Crippen molar-refractivity contribution in [3.05, 3.63) is 72.2 Å². The van der Waals surface area contributed by atoms with Crippen molar-refractivity contribution in [1.29, 1.82) is 0 Å². The van der Waals surface area contributed by atoms with Crippen LogP contribution in [0.3, 0.4) is 0 Å². The second-order valence-corrected chi connectivity index (χ2v) is 6.14. The normalized spacial score (nSPS) is 12.6. The van der Waals surface area contributed by atoms with Crippen LogP contribution in [0.25, 0.3) is 16.4 Å². The van der Waals surface area contributed by atoms with Crippen molar-refractivity contribution in [3.8, 4) is 5.75 Å². The average Bonchev–Trinajstić information content (AvgIpc) is 3.09. The predicted octanol–water partition coefficient (Wildman–Crippen LogP) is 3.74. The first-order chi connectivity index (χ1) is 12.2. The van der Waals surface area contributed by atoms with Gasteiger partial charge in [-0.05, 0) is 53.6 Å². The minimum atomic E-state index is 0.101. The Balaban J connectivity index is 1.51. The molecule has 4 rings (SSSR count). The van der Waals surface area contributed by atoms with E-state index in [0.717, 1.165) is 23.8 Å². The largest absolute Gasteiger partial charge is 0.497 e. The van der Waals surface area contributed by atoms with Crippen LogP contribution in [0, 0.1) is 0 Å². The molecule has 5 nitrogen and oxygen atoms in total.